The molecule has 0 bridgehead atoms. The molecule has 2 aromatic rings. The molecule has 7 heteroatoms. The summed E-state index contributed by atoms with van der Waals surface area (Å²) in [5, 5.41) is 14.6. The van der Waals surface area contributed by atoms with Gasteiger partial charge in [-0.3, -0.25) is 4.68 Å². The molecule has 0 aliphatic rings. The minimum absolute atomic E-state index is 0.394. The highest BCUT2D eigenvalue weighted by atomic mass is 16.5. The van der Waals surface area contributed by atoms with Crippen LogP contribution in [-0.2, 0) is 6.54 Å². The zero-order valence-electron chi connectivity index (χ0n) is 11.1. The second kappa shape index (κ2) is 5.66. The standard InChI is InChI=1S/C12H16N4O3/c1-4-16-11(9(18-2)6-15-16)12(17)8-5-10(19-3)14-7-13-8/h5-7,12,17H,4H2,1-3H3. The van der Waals surface area contributed by atoms with E-state index in [1.54, 1.807) is 16.9 Å². The third-order valence-corrected chi connectivity index (χ3v) is 2.78. The van der Waals surface area contributed by atoms with Crippen LogP contribution in [-0.4, -0.2) is 39.1 Å². The number of ether oxygens (including phenoxy) is 2. The molecule has 2 aromatic heterocycles. The van der Waals surface area contributed by atoms with Crippen molar-refractivity contribution in [2.75, 3.05) is 14.2 Å². The highest BCUT2D eigenvalue weighted by Gasteiger charge is 2.22. The van der Waals surface area contributed by atoms with Crippen LogP contribution < -0.4 is 9.47 Å². The molecule has 1 atom stereocenters. The van der Waals surface area contributed by atoms with Crippen molar-refractivity contribution in [3.05, 3.63) is 30.0 Å². The monoisotopic (exact) mass is 264 g/mol. The highest BCUT2D eigenvalue weighted by Crippen LogP contribution is 2.29. The van der Waals surface area contributed by atoms with E-state index in [0.29, 0.717) is 29.6 Å². The van der Waals surface area contributed by atoms with E-state index in [1.807, 2.05) is 6.92 Å². The summed E-state index contributed by atoms with van der Waals surface area (Å²) >= 11 is 0. The molecular weight excluding hydrogens is 248 g/mol. The van der Waals surface area contributed by atoms with Gasteiger partial charge in [0.25, 0.3) is 0 Å². The Morgan fingerprint density at radius 2 is 2.11 bits per heavy atom. The predicted molar refractivity (Wildman–Crippen MR) is 67.1 cm³/mol. The summed E-state index contributed by atoms with van der Waals surface area (Å²) in [7, 11) is 3.04. The van der Waals surface area contributed by atoms with Crippen molar-refractivity contribution in [2.24, 2.45) is 0 Å². The van der Waals surface area contributed by atoms with Crippen LogP contribution in [0.4, 0.5) is 0 Å². The normalized spacial score (nSPS) is 12.2. The van der Waals surface area contributed by atoms with E-state index in [2.05, 4.69) is 15.1 Å². The van der Waals surface area contributed by atoms with Gasteiger partial charge in [-0.1, -0.05) is 0 Å². The minimum atomic E-state index is -0.950. The van der Waals surface area contributed by atoms with E-state index < -0.39 is 6.10 Å². The first-order chi connectivity index (χ1) is 9.21. The van der Waals surface area contributed by atoms with Crippen molar-refractivity contribution >= 4 is 0 Å². The number of aliphatic hydroxyl groups is 1. The van der Waals surface area contributed by atoms with Crippen molar-refractivity contribution in [3.8, 4) is 11.6 Å². The molecule has 0 saturated heterocycles. The van der Waals surface area contributed by atoms with Crippen LogP contribution >= 0.6 is 0 Å². The molecule has 1 N–H and O–H groups in total. The number of aryl methyl sites for hydroxylation is 1. The molecule has 0 fully saturated rings. The molecule has 0 aliphatic heterocycles. The molecule has 0 aromatic carbocycles. The summed E-state index contributed by atoms with van der Waals surface area (Å²) in [6.07, 6.45) is 1.96. The predicted octanol–water partition coefficient (Wildman–Crippen LogP) is 0.792. The average molecular weight is 264 g/mol. The van der Waals surface area contributed by atoms with E-state index in [9.17, 15) is 5.11 Å². The van der Waals surface area contributed by atoms with Crippen molar-refractivity contribution in [2.45, 2.75) is 19.6 Å². The van der Waals surface area contributed by atoms with Crippen LogP contribution in [0.15, 0.2) is 18.6 Å². The van der Waals surface area contributed by atoms with E-state index in [0.717, 1.165) is 0 Å². The molecule has 2 rings (SSSR count). The van der Waals surface area contributed by atoms with Crippen molar-refractivity contribution in [1.29, 1.82) is 0 Å². The first kappa shape index (κ1) is 13.3. The maximum absolute atomic E-state index is 10.4. The van der Waals surface area contributed by atoms with Crippen LogP contribution in [0.25, 0.3) is 0 Å². The highest BCUT2D eigenvalue weighted by molar-refractivity contribution is 5.33. The fraction of sp³-hybridized carbons (Fsp3) is 0.417. The van der Waals surface area contributed by atoms with Gasteiger partial charge in [0.2, 0.25) is 5.88 Å². The Morgan fingerprint density at radius 1 is 1.32 bits per heavy atom. The fourth-order valence-corrected chi connectivity index (χ4v) is 1.82. The second-order valence-electron chi connectivity index (χ2n) is 3.80. The number of hydrogen-bond acceptors (Lipinski definition) is 6. The first-order valence-electron chi connectivity index (χ1n) is 5.85. The van der Waals surface area contributed by atoms with Crippen molar-refractivity contribution in [1.82, 2.24) is 19.7 Å². The van der Waals surface area contributed by atoms with E-state index >= 15 is 0 Å². The van der Waals surface area contributed by atoms with Gasteiger partial charge in [0.1, 0.15) is 18.1 Å². The third-order valence-electron chi connectivity index (χ3n) is 2.78. The molecule has 0 aliphatic carbocycles. The Morgan fingerprint density at radius 3 is 2.74 bits per heavy atom. The SMILES string of the molecule is CCn1ncc(OC)c1C(O)c1cc(OC)ncn1. The summed E-state index contributed by atoms with van der Waals surface area (Å²) in [6.45, 7) is 2.56. The Hall–Kier alpha value is -2.15. The number of methoxy groups -OCH3 is 2. The third kappa shape index (κ3) is 2.50. The molecule has 0 amide bonds. The van der Waals surface area contributed by atoms with Crippen LogP contribution in [0.5, 0.6) is 11.6 Å². The van der Waals surface area contributed by atoms with Gasteiger partial charge in [-0.05, 0) is 6.92 Å². The zero-order chi connectivity index (χ0) is 13.8. The lowest BCUT2D eigenvalue weighted by Gasteiger charge is -2.14. The fourth-order valence-electron chi connectivity index (χ4n) is 1.82. The van der Waals surface area contributed by atoms with Gasteiger partial charge < -0.3 is 14.6 Å². The van der Waals surface area contributed by atoms with Crippen molar-refractivity contribution < 1.29 is 14.6 Å². The van der Waals surface area contributed by atoms with Crippen LogP contribution in [0.1, 0.15) is 24.4 Å². The molecule has 7 nitrogen and oxygen atoms in total. The Balaban J connectivity index is 2.42. The molecule has 0 radical (unpaired) electrons. The number of nitrogens with zero attached hydrogens (tertiary/aromatic N) is 4. The Kier molecular flexibility index (Phi) is 3.96. The van der Waals surface area contributed by atoms with Gasteiger partial charge in [0.05, 0.1) is 26.1 Å². The summed E-state index contributed by atoms with van der Waals surface area (Å²) in [5.41, 5.74) is 0.992. The van der Waals surface area contributed by atoms with E-state index in [4.69, 9.17) is 9.47 Å². The van der Waals surface area contributed by atoms with Crippen LogP contribution in [0, 0.1) is 0 Å². The maximum Gasteiger partial charge on any atom is 0.216 e. The molecule has 102 valence electrons. The Labute approximate surface area is 110 Å². The minimum Gasteiger partial charge on any atom is -0.493 e. The van der Waals surface area contributed by atoms with Gasteiger partial charge in [0, 0.05) is 12.6 Å². The lowest BCUT2D eigenvalue weighted by atomic mass is 10.1. The maximum atomic E-state index is 10.4. The summed E-state index contributed by atoms with van der Waals surface area (Å²) in [6, 6.07) is 1.58. The van der Waals surface area contributed by atoms with E-state index in [1.165, 1.54) is 20.5 Å². The molecule has 2 heterocycles. The van der Waals surface area contributed by atoms with Gasteiger partial charge >= 0.3 is 0 Å². The summed E-state index contributed by atoms with van der Waals surface area (Å²) in [4.78, 5) is 7.96. The largest absolute Gasteiger partial charge is 0.493 e. The number of rotatable bonds is 5. The van der Waals surface area contributed by atoms with Gasteiger partial charge in [-0.2, -0.15) is 5.10 Å². The Bertz CT molecular complexity index is 534. The summed E-state index contributed by atoms with van der Waals surface area (Å²) < 4.78 is 11.9. The zero-order valence-corrected chi connectivity index (χ0v) is 11.1. The molecular formula is C12H16N4O3. The quantitative estimate of drug-likeness (QED) is 0.859. The lowest BCUT2D eigenvalue weighted by molar-refractivity contribution is 0.197. The van der Waals surface area contributed by atoms with Gasteiger partial charge in [-0.25, -0.2) is 9.97 Å². The van der Waals surface area contributed by atoms with Crippen LogP contribution in [0.3, 0.4) is 0 Å². The number of aliphatic hydroxyl groups excluding tert-OH is 1. The molecule has 0 saturated carbocycles. The van der Waals surface area contributed by atoms with Crippen LogP contribution in [0.2, 0.25) is 0 Å². The molecule has 1 unspecified atom stereocenters. The smallest absolute Gasteiger partial charge is 0.216 e. The topological polar surface area (TPSA) is 82.3 Å². The first-order valence-corrected chi connectivity index (χ1v) is 5.85. The molecule has 0 spiro atoms. The molecule has 19 heavy (non-hydrogen) atoms. The van der Waals surface area contributed by atoms with Crippen molar-refractivity contribution in [3.63, 3.8) is 0 Å². The van der Waals surface area contributed by atoms with Gasteiger partial charge in [-0.15, -0.1) is 0 Å². The lowest BCUT2D eigenvalue weighted by Crippen LogP contribution is -2.11. The van der Waals surface area contributed by atoms with Gasteiger partial charge in [0.15, 0.2) is 5.75 Å². The average Bonchev–Trinajstić information content (AvgIpc) is 2.89. The number of aromatic nitrogens is 4. The van der Waals surface area contributed by atoms with E-state index in [-0.39, 0.29) is 0 Å². The summed E-state index contributed by atoms with van der Waals surface area (Å²) in [5.74, 6) is 0.914. The number of hydrogen-bond donors (Lipinski definition) is 1. The second-order valence-corrected chi connectivity index (χ2v) is 3.80.